The Morgan fingerprint density at radius 2 is 2.16 bits per heavy atom. The third-order valence-corrected chi connectivity index (χ3v) is 5.07. The van der Waals surface area contributed by atoms with Crippen molar-refractivity contribution in [2.45, 2.75) is 52.0 Å². The Balaban J connectivity index is 2.19. The molecule has 1 aliphatic carbocycles. The van der Waals surface area contributed by atoms with Gasteiger partial charge >= 0.3 is 0 Å². The highest BCUT2D eigenvalue weighted by Crippen LogP contribution is 2.38. The van der Waals surface area contributed by atoms with Crippen LogP contribution in [0, 0.1) is 11.3 Å². The van der Waals surface area contributed by atoms with Crippen LogP contribution in [0.3, 0.4) is 0 Å². The molecular formula is C16H28N2O. The predicted molar refractivity (Wildman–Crippen MR) is 78.9 cm³/mol. The molecule has 0 aromatic heterocycles. The number of nitrogens with zero attached hydrogens (tertiary/aromatic N) is 1. The van der Waals surface area contributed by atoms with Gasteiger partial charge in [0, 0.05) is 19.1 Å². The van der Waals surface area contributed by atoms with E-state index in [4.69, 9.17) is 0 Å². The number of carbonyl (C=O) groups is 1. The molecule has 1 unspecified atom stereocenters. The highest BCUT2D eigenvalue weighted by atomic mass is 16.2. The van der Waals surface area contributed by atoms with Crippen molar-refractivity contribution in [3.8, 4) is 0 Å². The zero-order valence-corrected chi connectivity index (χ0v) is 12.5. The van der Waals surface area contributed by atoms with Crippen LogP contribution in [0.1, 0.15) is 46.0 Å². The van der Waals surface area contributed by atoms with E-state index in [1.54, 1.807) is 0 Å². The van der Waals surface area contributed by atoms with Crippen LogP contribution >= 0.6 is 0 Å². The molecular weight excluding hydrogens is 236 g/mol. The average Bonchev–Trinajstić information content (AvgIpc) is 3.06. The summed E-state index contributed by atoms with van der Waals surface area (Å²) in [6, 6.07) is 0.446. The first-order chi connectivity index (χ1) is 9.12. The SMILES string of the molecule is C=CCN(C(=O)C1(C(C)C)CCNC1)C1CCCC1. The summed E-state index contributed by atoms with van der Waals surface area (Å²) >= 11 is 0. The number of nitrogens with one attached hydrogen (secondary N) is 1. The van der Waals surface area contributed by atoms with E-state index in [1.807, 2.05) is 6.08 Å². The van der Waals surface area contributed by atoms with Gasteiger partial charge in [-0.1, -0.05) is 32.8 Å². The molecule has 108 valence electrons. The van der Waals surface area contributed by atoms with Gasteiger partial charge in [-0.2, -0.15) is 0 Å². The van der Waals surface area contributed by atoms with Gasteiger partial charge in [0.05, 0.1) is 5.41 Å². The van der Waals surface area contributed by atoms with Crippen molar-refractivity contribution in [1.29, 1.82) is 0 Å². The van der Waals surface area contributed by atoms with Crippen molar-refractivity contribution >= 4 is 5.91 Å². The standard InChI is InChI=1S/C16H28N2O/c1-4-11-18(14-7-5-6-8-14)15(19)16(13(2)3)9-10-17-12-16/h4,13-14,17H,1,5-12H2,2-3H3. The first-order valence-electron chi connectivity index (χ1n) is 7.74. The molecule has 1 amide bonds. The molecule has 1 saturated carbocycles. The lowest BCUT2D eigenvalue weighted by Gasteiger charge is -2.39. The Morgan fingerprint density at radius 3 is 2.63 bits per heavy atom. The Labute approximate surface area is 117 Å². The lowest BCUT2D eigenvalue weighted by Crippen LogP contribution is -2.51. The smallest absolute Gasteiger partial charge is 0.230 e. The van der Waals surface area contributed by atoms with Crippen LogP contribution < -0.4 is 5.32 Å². The van der Waals surface area contributed by atoms with Gasteiger partial charge in [-0.25, -0.2) is 0 Å². The number of amides is 1. The Bertz CT molecular complexity index is 326. The molecule has 3 heteroatoms. The second kappa shape index (κ2) is 6.08. The fourth-order valence-electron chi connectivity index (χ4n) is 3.67. The molecule has 1 N–H and O–H groups in total. The number of hydrogen-bond donors (Lipinski definition) is 1. The lowest BCUT2D eigenvalue weighted by atomic mass is 9.75. The van der Waals surface area contributed by atoms with Gasteiger partial charge in [0.15, 0.2) is 0 Å². The number of carbonyl (C=O) groups excluding carboxylic acids is 1. The summed E-state index contributed by atoms with van der Waals surface area (Å²) in [5, 5.41) is 3.39. The zero-order chi connectivity index (χ0) is 13.9. The first kappa shape index (κ1) is 14.6. The van der Waals surface area contributed by atoms with Gasteiger partial charge in [0.2, 0.25) is 5.91 Å². The van der Waals surface area contributed by atoms with E-state index in [-0.39, 0.29) is 5.41 Å². The van der Waals surface area contributed by atoms with Crippen LogP contribution in [0.5, 0.6) is 0 Å². The Kier molecular flexibility index (Phi) is 4.67. The van der Waals surface area contributed by atoms with Crippen molar-refractivity contribution in [1.82, 2.24) is 10.2 Å². The molecule has 0 bridgehead atoms. The van der Waals surface area contributed by atoms with Crippen molar-refractivity contribution in [2.75, 3.05) is 19.6 Å². The van der Waals surface area contributed by atoms with Crippen LogP contribution in [-0.2, 0) is 4.79 Å². The molecule has 2 rings (SSSR count). The third-order valence-electron chi connectivity index (χ3n) is 5.07. The maximum atomic E-state index is 13.1. The normalized spacial score (nSPS) is 27.9. The van der Waals surface area contributed by atoms with Crippen molar-refractivity contribution in [3.05, 3.63) is 12.7 Å². The molecule has 1 heterocycles. The molecule has 1 atom stereocenters. The molecule has 2 aliphatic rings. The summed E-state index contributed by atoms with van der Waals surface area (Å²) in [7, 11) is 0. The highest BCUT2D eigenvalue weighted by molar-refractivity contribution is 5.84. The second-order valence-corrected chi connectivity index (χ2v) is 6.42. The van der Waals surface area contributed by atoms with E-state index in [0.29, 0.717) is 24.4 Å². The van der Waals surface area contributed by atoms with Crippen molar-refractivity contribution < 1.29 is 4.79 Å². The largest absolute Gasteiger partial charge is 0.335 e. The third kappa shape index (κ3) is 2.71. The Hall–Kier alpha value is -0.830. The molecule has 1 aliphatic heterocycles. The van der Waals surface area contributed by atoms with Crippen molar-refractivity contribution in [3.63, 3.8) is 0 Å². The molecule has 19 heavy (non-hydrogen) atoms. The van der Waals surface area contributed by atoms with E-state index in [0.717, 1.165) is 19.5 Å². The average molecular weight is 264 g/mol. The summed E-state index contributed by atoms with van der Waals surface area (Å²) in [6.07, 6.45) is 7.72. The minimum Gasteiger partial charge on any atom is -0.335 e. The first-order valence-corrected chi connectivity index (χ1v) is 7.74. The van der Waals surface area contributed by atoms with Crippen LogP contribution in [-0.4, -0.2) is 36.5 Å². The molecule has 3 nitrogen and oxygen atoms in total. The maximum Gasteiger partial charge on any atom is 0.230 e. The van der Waals surface area contributed by atoms with Gasteiger partial charge < -0.3 is 10.2 Å². The molecule has 2 fully saturated rings. The van der Waals surface area contributed by atoms with E-state index in [9.17, 15) is 4.79 Å². The fourth-order valence-corrected chi connectivity index (χ4v) is 3.67. The van der Waals surface area contributed by atoms with Crippen LogP contribution in [0.2, 0.25) is 0 Å². The zero-order valence-electron chi connectivity index (χ0n) is 12.5. The van der Waals surface area contributed by atoms with Gasteiger partial charge in [0.25, 0.3) is 0 Å². The van der Waals surface area contributed by atoms with E-state index < -0.39 is 0 Å². The summed E-state index contributed by atoms with van der Waals surface area (Å²) < 4.78 is 0. The monoisotopic (exact) mass is 264 g/mol. The quantitative estimate of drug-likeness (QED) is 0.774. The summed E-state index contributed by atoms with van der Waals surface area (Å²) in [5.74, 6) is 0.753. The minimum atomic E-state index is -0.189. The van der Waals surface area contributed by atoms with Gasteiger partial charge in [-0.15, -0.1) is 6.58 Å². The van der Waals surface area contributed by atoms with Gasteiger partial charge in [-0.05, 0) is 31.7 Å². The molecule has 0 aromatic carbocycles. The second-order valence-electron chi connectivity index (χ2n) is 6.42. The summed E-state index contributed by atoms with van der Waals surface area (Å²) in [4.78, 5) is 15.2. The summed E-state index contributed by atoms with van der Waals surface area (Å²) in [5.41, 5.74) is -0.189. The molecule has 1 saturated heterocycles. The van der Waals surface area contributed by atoms with Gasteiger partial charge in [0.1, 0.15) is 0 Å². The minimum absolute atomic E-state index is 0.189. The number of hydrogen-bond acceptors (Lipinski definition) is 2. The van der Waals surface area contributed by atoms with Crippen molar-refractivity contribution in [2.24, 2.45) is 11.3 Å². The van der Waals surface area contributed by atoms with Crippen LogP contribution in [0.25, 0.3) is 0 Å². The van der Waals surface area contributed by atoms with E-state index in [1.165, 1.54) is 25.7 Å². The van der Waals surface area contributed by atoms with Crippen LogP contribution in [0.15, 0.2) is 12.7 Å². The summed E-state index contributed by atoms with van der Waals surface area (Å²) in [6.45, 7) is 10.7. The maximum absolute atomic E-state index is 13.1. The molecule has 0 spiro atoms. The topological polar surface area (TPSA) is 32.3 Å². The molecule has 0 aromatic rings. The highest BCUT2D eigenvalue weighted by Gasteiger charge is 2.47. The van der Waals surface area contributed by atoms with Crippen LogP contribution in [0.4, 0.5) is 0 Å². The fraction of sp³-hybridized carbons (Fsp3) is 0.812. The van der Waals surface area contributed by atoms with E-state index >= 15 is 0 Å². The Morgan fingerprint density at radius 1 is 1.47 bits per heavy atom. The van der Waals surface area contributed by atoms with E-state index in [2.05, 4.69) is 30.6 Å². The molecule has 0 radical (unpaired) electrons. The predicted octanol–water partition coefficient (Wildman–Crippen LogP) is 2.58. The lowest BCUT2D eigenvalue weighted by molar-refractivity contribution is -0.145. The number of rotatable bonds is 5. The van der Waals surface area contributed by atoms with Gasteiger partial charge in [-0.3, -0.25) is 4.79 Å².